The normalized spacial score (nSPS) is 14.4. The first-order valence-electron chi connectivity index (χ1n) is 12.4. The average molecular weight is 617 g/mol. The minimum absolute atomic E-state index is 0.110. The van der Waals surface area contributed by atoms with Crippen molar-refractivity contribution >= 4 is 34.3 Å². The molecule has 37 heavy (non-hydrogen) atoms. The molecular weight excluding hydrogens is 587 g/mol. The lowest BCUT2D eigenvalue weighted by Gasteiger charge is -2.27. The molecule has 0 radical (unpaired) electrons. The summed E-state index contributed by atoms with van der Waals surface area (Å²) in [5.74, 6) is -2.49. The zero-order valence-corrected chi connectivity index (χ0v) is 23.3. The Labute approximate surface area is 230 Å². The Bertz CT molecular complexity index is 1230. The summed E-state index contributed by atoms with van der Waals surface area (Å²) in [6.07, 6.45) is 2.20. The highest BCUT2D eigenvalue weighted by Crippen LogP contribution is 2.34. The number of benzene rings is 3. The first-order valence-corrected chi connectivity index (χ1v) is 13.4. The molecule has 1 atom stereocenters. The number of hydrogen-bond donors (Lipinski definition) is 0. The van der Waals surface area contributed by atoms with Gasteiger partial charge < -0.3 is 9.47 Å². The standard InChI is InChI=1S/C30H30F2INO3/c1-30(2,3)37-29(35)24(34-27(19-11-6-4-7-12-19)20-13-8-5-9-14-20)18-21-17-23(33)26(32)28(25(21)31)36-22-15-10-16-22/h4-9,11-14,17,22,24H,10,15-16,18H2,1-3H3/t24-/m0/s1. The van der Waals surface area contributed by atoms with Gasteiger partial charge in [-0.3, -0.25) is 4.99 Å². The van der Waals surface area contributed by atoms with E-state index in [4.69, 9.17) is 14.5 Å². The van der Waals surface area contributed by atoms with Crippen molar-refractivity contribution in [3.05, 3.63) is 98.6 Å². The first kappa shape index (κ1) is 27.2. The lowest BCUT2D eigenvalue weighted by Crippen LogP contribution is -2.33. The fraction of sp³-hybridized carbons (Fsp3) is 0.333. The molecule has 0 spiro atoms. The van der Waals surface area contributed by atoms with Crippen molar-refractivity contribution in [2.45, 2.75) is 64.2 Å². The molecule has 4 rings (SSSR count). The molecule has 0 amide bonds. The summed E-state index contributed by atoms with van der Waals surface area (Å²) in [7, 11) is 0. The number of nitrogens with zero attached hydrogens (tertiary/aromatic N) is 1. The lowest BCUT2D eigenvalue weighted by molar-refractivity contribution is -0.156. The maximum atomic E-state index is 15.6. The van der Waals surface area contributed by atoms with Gasteiger partial charge in [-0.25, -0.2) is 13.6 Å². The van der Waals surface area contributed by atoms with Crippen molar-refractivity contribution in [1.82, 2.24) is 0 Å². The minimum Gasteiger partial charge on any atom is -0.484 e. The Morgan fingerprint density at radius 3 is 2.05 bits per heavy atom. The van der Waals surface area contributed by atoms with Gasteiger partial charge in [0.15, 0.2) is 23.4 Å². The molecule has 1 fully saturated rings. The molecule has 194 valence electrons. The molecule has 1 aliphatic rings. The molecular formula is C30H30F2INO3. The molecule has 3 aromatic rings. The third-order valence-corrected chi connectivity index (χ3v) is 6.78. The van der Waals surface area contributed by atoms with Crippen molar-refractivity contribution in [3.63, 3.8) is 0 Å². The van der Waals surface area contributed by atoms with Gasteiger partial charge >= 0.3 is 5.97 Å². The van der Waals surface area contributed by atoms with Crippen LogP contribution in [0.4, 0.5) is 8.78 Å². The molecule has 0 N–H and O–H groups in total. The predicted octanol–water partition coefficient (Wildman–Crippen LogP) is 7.29. The van der Waals surface area contributed by atoms with Gasteiger partial charge in [-0.2, -0.15) is 0 Å². The summed E-state index contributed by atoms with van der Waals surface area (Å²) < 4.78 is 42.0. The highest BCUT2D eigenvalue weighted by Gasteiger charge is 2.30. The van der Waals surface area contributed by atoms with Crippen LogP contribution >= 0.6 is 22.6 Å². The average Bonchev–Trinajstić information content (AvgIpc) is 2.83. The van der Waals surface area contributed by atoms with Gasteiger partial charge in [0.1, 0.15) is 5.60 Å². The van der Waals surface area contributed by atoms with Crippen molar-refractivity contribution in [2.75, 3.05) is 0 Å². The van der Waals surface area contributed by atoms with E-state index in [1.807, 2.05) is 83.3 Å². The molecule has 3 aromatic carbocycles. The third kappa shape index (κ3) is 6.94. The number of carbonyl (C=O) groups excluding carboxylic acids is 1. The second kappa shape index (κ2) is 11.7. The predicted molar refractivity (Wildman–Crippen MR) is 149 cm³/mol. The molecule has 0 heterocycles. The van der Waals surface area contributed by atoms with Crippen molar-refractivity contribution in [3.8, 4) is 5.75 Å². The summed E-state index contributed by atoms with van der Waals surface area (Å²) in [5, 5.41) is 0. The van der Waals surface area contributed by atoms with E-state index in [0.29, 0.717) is 5.71 Å². The summed E-state index contributed by atoms with van der Waals surface area (Å²) in [4.78, 5) is 18.2. The Balaban J connectivity index is 1.79. The quantitative estimate of drug-likeness (QED) is 0.116. The SMILES string of the molecule is CC(C)(C)OC(=O)[C@H](Cc1cc(I)c(F)c(OC2CCC2)c1F)N=C(c1ccccc1)c1ccccc1. The van der Waals surface area contributed by atoms with Crippen LogP contribution in [0.15, 0.2) is 71.7 Å². The molecule has 0 saturated heterocycles. The van der Waals surface area contributed by atoms with Gasteiger partial charge in [0.05, 0.1) is 15.4 Å². The van der Waals surface area contributed by atoms with Gasteiger partial charge in [-0.05, 0) is 74.3 Å². The van der Waals surface area contributed by atoms with Crippen LogP contribution in [0.25, 0.3) is 0 Å². The lowest BCUT2D eigenvalue weighted by atomic mass is 9.96. The van der Waals surface area contributed by atoms with Gasteiger partial charge in [0.2, 0.25) is 0 Å². The molecule has 0 unspecified atom stereocenters. The second-order valence-electron chi connectivity index (χ2n) is 10.1. The maximum Gasteiger partial charge on any atom is 0.331 e. The molecule has 1 saturated carbocycles. The van der Waals surface area contributed by atoms with Crippen LogP contribution in [0.3, 0.4) is 0 Å². The number of carbonyl (C=O) groups is 1. The summed E-state index contributed by atoms with van der Waals surface area (Å²) >= 11 is 1.83. The number of hydrogen-bond acceptors (Lipinski definition) is 4. The summed E-state index contributed by atoms with van der Waals surface area (Å²) in [5.41, 5.74) is 1.59. The summed E-state index contributed by atoms with van der Waals surface area (Å²) in [6, 6.07) is 19.3. The molecule has 0 aromatic heterocycles. The smallest absolute Gasteiger partial charge is 0.331 e. The number of aliphatic imine (C=N–C) groups is 1. The van der Waals surface area contributed by atoms with Gasteiger partial charge in [-0.15, -0.1) is 0 Å². The van der Waals surface area contributed by atoms with Crippen molar-refractivity contribution < 1.29 is 23.0 Å². The zero-order valence-electron chi connectivity index (χ0n) is 21.1. The Hall–Kier alpha value is -2.81. The largest absolute Gasteiger partial charge is 0.484 e. The van der Waals surface area contributed by atoms with Crippen molar-refractivity contribution in [2.24, 2.45) is 4.99 Å². The number of halogens is 3. The molecule has 0 aliphatic heterocycles. The molecule has 1 aliphatic carbocycles. The maximum absolute atomic E-state index is 15.6. The second-order valence-corrected chi connectivity index (χ2v) is 11.3. The Morgan fingerprint density at radius 1 is 1.00 bits per heavy atom. The van der Waals surface area contributed by atoms with Gasteiger partial charge in [-0.1, -0.05) is 60.7 Å². The molecule has 0 bridgehead atoms. The fourth-order valence-corrected chi connectivity index (χ4v) is 4.58. The van der Waals surface area contributed by atoms with Crippen LogP contribution < -0.4 is 4.74 Å². The Morgan fingerprint density at radius 2 is 1.57 bits per heavy atom. The first-order chi connectivity index (χ1) is 17.6. The van der Waals surface area contributed by atoms with E-state index in [2.05, 4.69) is 0 Å². The fourth-order valence-electron chi connectivity index (χ4n) is 3.96. The monoisotopic (exact) mass is 617 g/mol. The molecule has 4 nitrogen and oxygen atoms in total. The van der Waals surface area contributed by atoms with Gasteiger partial charge in [0.25, 0.3) is 0 Å². The van der Waals surface area contributed by atoms with Crippen molar-refractivity contribution in [1.29, 1.82) is 0 Å². The van der Waals surface area contributed by atoms with Crippen LogP contribution in [-0.4, -0.2) is 29.4 Å². The van der Waals surface area contributed by atoms with Crippen LogP contribution in [0.2, 0.25) is 0 Å². The third-order valence-electron chi connectivity index (χ3n) is 6.00. The van der Waals surface area contributed by atoms with Crippen LogP contribution in [0.5, 0.6) is 5.75 Å². The Kier molecular flexibility index (Phi) is 8.62. The highest BCUT2D eigenvalue weighted by atomic mass is 127. The minimum atomic E-state index is -1.07. The zero-order chi connectivity index (χ0) is 26.6. The van der Waals surface area contributed by atoms with Crippen LogP contribution in [-0.2, 0) is 16.0 Å². The van der Waals surface area contributed by atoms with E-state index in [9.17, 15) is 9.18 Å². The van der Waals surface area contributed by atoms with E-state index in [1.54, 1.807) is 20.8 Å². The number of esters is 1. The van der Waals surface area contributed by atoms with E-state index in [-0.39, 0.29) is 27.4 Å². The van der Waals surface area contributed by atoms with E-state index >= 15 is 4.39 Å². The van der Waals surface area contributed by atoms with Gasteiger partial charge in [0, 0.05) is 17.5 Å². The topological polar surface area (TPSA) is 47.9 Å². The van der Waals surface area contributed by atoms with Crippen LogP contribution in [0, 0.1) is 15.2 Å². The van der Waals surface area contributed by atoms with E-state index in [1.165, 1.54) is 6.07 Å². The van der Waals surface area contributed by atoms with E-state index < -0.39 is 29.2 Å². The summed E-state index contributed by atoms with van der Waals surface area (Å²) in [6.45, 7) is 5.31. The van der Waals surface area contributed by atoms with Crippen LogP contribution in [0.1, 0.15) is 56.7 Å². The van der Waals surface area contributed by atoms with E-state index in [0.717, 1.165) is 30.4 Å². The molecule has 7 heteroatoms. The number of rotatable bonds is 8. The highest BCUT2D eigenvalue weighted by molar-refractivity contribution is 14.1. The number of ether oxygens (including phenoxy) is 2.